The van der Waals surface area contributed by atoms with E-state index in [9.17, 15) is 4.79 Å². The molecule has 20 heavy (non-hydrogen) atoms. The number of carbonyl (C=O) groups excluding carboxylic acids is 1. The Hall–Kier alpha value is -1.05. The Morgan fingerprint density at radius 2 is 2.00 bits per heavy atom. The lowest BCUT2D eigenvalue weighted by Crippen LogP contribution is -2.26. The number of nitrogens with two attached hydrogens (primary N) is 1. The smallest absolute Gasteiger partial charge is 0.245 e. The third kappa shape index (κ3) is 3.53. The van der Waals surface area contributed by atoms with Gasteiger partial charge in [-0.25, -0.2) is 0 Å². The summed E-state index contributed by atoms with van der Waals surface area (Å²) in [5.41, 5.74) is 6.28. The number of ether oxygens (including phenoxy) is 1. The maximum absolute atomic E-state index is 11.7. The molecule has 0 spiro atoms. The number of benzene rings is 1. The molecule has 0 aliphatic heterocycles. The number of rotatable bonds is 5. The van der Waals surface area contributed by atoms with E-state index in [1.165, 1.54) is 11.3 Å². The Balaban J connectivity index is 2.23. The Labute approximate surface area is 137 Å². The second kappa shape index (κ2) is 6.60. The van der Waals surface area contributed by atoms with E-state index in [4.69, 9.17) is 10.5 Å². The minimum atomic E-state index is -0.573. The topological polar surface area (TPSA) is 64.3 Å². The molecule has 1 aromatic carbocycles. The number of carbonyl (C=O) groups is 1. The van der Waals surface area contributed by atoms with Crippen LogP contribution in [0.4, 0.5) is 5.69 Å². The first kappa shape index (κ1) is 15.3. The fraction of sp³-hybridized carbons (Fsp3) is 0.154. The minimum Gasteiger partial charge on any atom is -0.497 e. The van der Waals surface area contributed by atoms with E-state index in [-0.39, 0.29) is 0 Å². The van der Waals surface area contributed by atoms with Crippen molar-refractivity contribution in [2.75, 3.05) is 12.4 Å². The van der Waals surface area contributed by atoms with Crippen LogP contribution in [-0.2, 0) is 4.79 Å². The molecule has 0 radical (unpaired) electrons. The van der Waals surface area contributed by atoms with Crippen LogP contribution in [0.1, 0.15) is 10.9 Å². The van der Waals surface area contributed by atoms with Crippen molar-refractivity contribution >= 4 is 54.8 Å². The van der Waals surface area contributed by atoms with Gasteiger partial charge in [-0.15, -0.1) is 11.3 Å². The van der Waals surface area contributed by atoms with Crippen LogP contribution in [0.5, 0.6) is 5.75 Å². The second-order valence-corrected chi connectivity index (χ2v) is 7.23. The summed E-state index contributed by atoms with van der Waals surface area (Å²) in [4.78, 5) is 12.5. The van der Waals surface area contributed by atoms with Crippen molar-refractivity contribution in [3.05, 3.63) is 43.5 Å². The first-order valence-electron chi connectivity index (χ1n) is 5.66. The molecular weight excluding hydrogens is 408 g/mol. The van der Waals surface area contributed by atoms with Crippen molar-refractivity contribution in [2.45, 2.75) is 6.04 Å². The number of anilines is 1. The van der Waals surface area contributed by atoms with E-state index in [0.29, 0.717) is 0 Å². The summed E-state index contributed by atoms with van der Waals surface area (Å²) in [6.07, 6.45) is 0. The van der Waals surface area contributed by atoms with Gasteiger partial charge in [-0.3, -0.25) is 4.79 Å². The monoisotopic (exact) mass is 418 g/mol. The van der Waals surface area contributed by atoms with Gasteiger partial charge in [0.2, 0.25) is 5.91 Å². The van der Waals surface area contributed by atoms with E-state index >= 15 is 0 Å². The van der Waals surface area contributed by atoms with Crippen LogP contribution in [0.2, 0.25) is 0 Å². The molecule has 0 fully saturated rings. The molecule has 1 aromatic heterocycles. The Bertz CT molecular complexity index is 594. The average molecular weight is 420 g/mol. The fourth-order valence-corrected chi connectivity index (χ4v) is 3.79. The van der Waals surface area contributed by atoms with Crippen molar-refractivity contribution in [3.8, 4) is 5.75 Å². The molecular formula is C13H12Br2N2O2S. The van der Waals surface area contributed by atoms with Gasteiger partial charge in [-0.05, 0) is 62.2 Å². The minimum absolute atomic E-state index is 0.429. The summed E-state index contributed by atoms with van der Waals surface area (Å²) in [7, 11) is 1.61. The van der Waals surface area contributed by atoms with Crippen molar-refractivity contribution in [3.63, 3.8) is 0 Å². The lowest BCUT2D eigenvalue weighted by atomic mass is 10.2. The van der Waals surface area contributed by atoms with E-state index < -0.39 is 11.9 Å². The largest absolute Gasteiger partial charge is 0.497 e. The van der Waals surface area contributed by atoms with E-state index in [2.05, 4.69) is 37.2 Å². The Kier molecular flexibility index (Phi) is 5.06. The van der Waals surface area contributed by atoms with Crippen molar-refractivity contribution in [1.29, 1.82) is 0 Å². The molecule has 2 aromatic rings. The summed E-state index contributed by atoms with van der Waals surface area (Å²) in [6, 6.07) is 8.62. The molecule has 0 bridgehead atoms. The molecule has 106 valence electrons. The van der Waals surface area contributed by atoms with E-state index in [1.54, 1.807) is 7.11 Å². The van der Waals surface area contributed by atoms with Gasteiger partial charge in [0.25, 0.3) is 0 Å². The molecule has 1 atom stereocenters. The normalized spacial score (nSPS) is 11.9. The Morgan fingerprint density at radius 3 is 2.45 bits per heavy atom. The third-order valence-corrected chi connectivity index (χ3v) is 5.96. The van der Waals surface area contributed by atoms with Crippen LogP contribution < -0.4 is 15.8 Å². The van der Waals surface area contributed by atoms with E-state index in [1.807, 2.05) is 30.3 Å². The van der Waals surface area contributed by atoms with E-state index in [0.717, 1.165) is 24.6 Å². The molecule has 4 nitrogen and oxygen atoms in total. The van der Waals surface area contributed by atoms with Gasteiger partial charge in [0.05, 0.1) is 10.9 Å². The molecule has 1 amide bonds. The number of thiophene rings is 1. The number of methoxy groups -OCH3 is 1. The molecule has 0 saturated heterocycles. The van der Waals surface area contributed by atoms with Gasteiger partial charge in [0, 0.05) is 15.0 Å². The molecule has 0 saturated carbocycles. The zero-order valence-corrected chi connectivity index (χ0v) is 14.5. The first-order valence-corrected chi connectivity index (χ1v) is 8.06. The van der Waals surface area contributed by atoms with Crippen molar-refractivity contribution in [1.82, 2.24) is 0 Å². The second-order valence-electron chi connectivity index (χ2n) is 3.98. The summed E-state index contributed by atoms with van der Waals surface area (Å²) < 4.78 is 6.92. The molecule has 2 rings (SSSR count). The zero-order valence-electron chi connectivity index (χ0n) is 10.5. The molecule has 7 heteroatoms. The van der Waals surface area contributed by atoms with Crippen LogP contribution in [0.3, 0.4) is 0 Å². The zero-order chi connectivity index (χ0) is 14.7. The maximum atomic E-state index is 11.7. The summed E-state index contributed by atoms with van der Waals surface area (Å²) in [5, 5.41) is 3.13. The molecule has 1 heterocycles. The number of hydrogen-bond acceptors (Lipinski definition) is 4. The fourth-order valence-electron chi connectivity index (χ4n) is 1.64. The molecule has 3 N–H and O–H groups in total. The first-order chi connectivity index (χ1) is 9.51. The SMILES string of the molecule is COc1ccc(NC(C(N)=O)c2cc(Br)c(Br)s2)cc1. The van der Waals surface area contributed by atoms with Crippen molar-refractivity contribution < 1.29 is 9.53 Å². The molecule has 1 unspecified atom stereocenters. The van der Waals surface area contributed by atoms with Gasteiger partial charge >= 0.3 is 0 Å². The predicted octanol–water partition coefficient (Wildman–Crippen LogP) is 3.92. The van der Waals surface area contributed by atoms with Gasteiger partial charge in [-0.1, -0.05) is 0 Å². The highest BCUT2D eigenvalue weighted by molar-refractivity contribution is 9.13. The predicted molar refractivity (Wildman–Crippen MR) is 88.3 cm³/mol. The summed E-state index contributed by atoms with van der Waals surface area (Å²) in [5.74, 6) is 0.329. The van der Waals surface area contributed by atoms with Crippen LogP contribution in [0.25, 0.3) is 0 Å². The summed E-state index contributed by atoms with van der Waals surface area (Å²) >= 11 is 8.28. The lowest BCUT2D eigenvalue weighted by Gasteiger charge is -2.15. The standard InChI is InChI=1S/C13H12Br2N2O2S/c1-19-8-4-2-7(3-5-8)17-11(13(16)18)10-6-9(14)12(15)20-10/h2-6,11,17H,1H3,(H2,16,18). The third-order valence-electron chi connectivity index (χ3n) is 2.63. The van der Waals surface area contributed by atoms with Gasteiger partial charge in [0.15, 0.2) is 0 Å². The average Bonchev–Trinajstić information content (AvgIpc) is 2.76. The van der Waals surface area contributed by atoms with Crippen LogP contribution in [0.15, 0.2) is 38.6 Å². The number of halogens is 2. The number of primary amides is 1. The highest BCUT2D eigenvalue weighted by Crippen LogP contribution is 2.36. The number of amides is 1. The number of nitrogens with one attached hydrogen (secondary N) is 1. The Morgan fingerprint density at radius 1 is 1.35 bits per heavy atom. The van der Waals surface area contributed by atoms with Gasteiger partial charge in [-0.2, -0.15) is 0 Å². The maximum Gasteiger partial charge on any atom is 0.245 e. The van der Waals surface area contributed by atoms with Gasteiger partial charge in [0.1, 0.15) is 11.8 Å². The molecule has 0 aliphatic rings. The number of hydrogen-bond donors (Lipinski definition) is 2. The quantitative estimate of drug-likeness (QED) is 0.771. The summed E-state index contributed by atoms with van der Waals surface area (Å²) in [6.45, 7) is 0. The highest BCUT2D eigenvalue weighted by atomic mass is 79.9. The van der Waals surface area contributed by atoms with Crippen LogP contribution >= 0.6 is 43.2 Å². The molecule has 0 aliphatic carbocycles. The van der Waals surface area contributed by atoms with Crippen molar-refractivity contribution in [2.24, 2.45) is 5.73 Å². The van der Waals surface area contributed by atoms with Crippen LogP contribution in [0, 0.1) is 0 Å². The van der Waals surface area contributed by atoms with Crippen LogP contribution in [-0.4, -0.2) is 13.0 Å². The van der Waals surface area contributed by atoms with Gasteiger partial charge < -0.3 is 15.8 Å². The lowest BCUT2D eigenvalue weighted by molar-refractivity contribution is -0.118. The highest BCUT2D eigenvalue weighted by Gasteiger charge is 2.21.